The highest BCUT2D eigenvalue weighted by molar-refractivity contribution is 5.28. The average Bonchev–Trinajstić information content (AvgIpc) is 2.34. The van der Waals surface area contributed by atoms with Crippen molar-refractivity contribution in [3.8, 4) is 0 Å². The Morgan fingerprint density at radius 3 is 2.61 bits per heavy atom. The average molecular weight is 263 g/mol. The summed E-state index contributed by atoms with van der Waals surface area (Å²) >= 11 is 0. The zero-order valence-electron chi connectivity index (χ0n) is 10.2. The summed E-state index contributed by atoms with van der Waals surface area (Å²) in [6, 6.07) is 0.873. The lowest BCUT2D eigenvalue weighted by Crippen LogP contribution is -2.14. The molecule has 1 aromatic rings. The van der Waals surface area contributed by atoms with Crippen molar-refractivity contribution in [1.29, 1.82) is 0 Å². The van der Waals surface area contributed by atoms with E-state index in [-0.39, 0.29) is 18.1 Å². The predicted molar refractivity (Wildman–Crippen MR) is 59.9 cm³/mol. The summed E-state index contributed by atoms with van der Waals surface area (Å²) in [6.45, 7) is 1.79. The lowest BCUT2D eigenvalue weighted by molar-refractivity contribution is -0.139. The first-order valence-electron chi connectivity index (χ1n) is 5.58. The maximum atomic E-state index is 12.7. The van der Waals surface area contributed by atoms with Gasteiger partial charge in [0.1, 0.15) is 0 Å². The van der Waals surface area contributed by atoms with Crippen molar-refractivity contribution in [3.63, 3.8) is 0 Å². The second-order valence-corrected chi connectivity index (χ2v) is 4.10. The quantitative estimate of drug-likeness (QED) is 0.888. The summed E-state index contributed by atoms with van der Waals surface area (Å²) in [5.74, 6) is 0. The van der Waals surface area contributed by atoms with Crippen LogP contribution in [0.25, 0.3) is 0 Å². The normalized spacial score (nSPS) is 15.4. The highest BCUT2D eigenvalue weighted by atomic mass is 19.4. The minimum atomic E-state index is -4.48. The maximum Gasteiger partial charge on any atom is 0.416 e. The number of methoxy groups -OCH3 is 1. The summed E-state index contributed by atoms with van der Waals surface area (Å²) in [7, 11) is 1.52. The van der Waals surface area contributed by atoms with Crippen LogP contribution in [0.15, 0.2) is 18.5 Å². The van der Waals surface area contributed by atoms with E-state index >= 15 is 0 Å². The first kappa shape index (κ1) is 14.9. The molecule has 2 unspecified atom stereocenters. The summed E-state index contributed by atoms with van der Waals surface area (Å²) in [6.07, 6.45) is -2.97. The number of hydrogen-bond donors (Lipinski definition) is 1. The molecule has 0 aliphatic rings. The summed E-state index contributed by atoms with van der Waals surface area (Å²) < 4.78 is 43.1. The number of nitrogens with zero attached hydrogens (tertiary/aromatic N) is 1. The SMILES string of the molecule is COC(C)CCC(O)c1cnccc1C(F)(F)F. The molecule has 0 amide bonds. The molecule has 2 atom stereocenters. The number of aliphatic hydroxyl groups excluding tert-OH is 1. The lowest BCUT2D eigenvalue weighted by Gasteiger charge is -2.18. The molecule has 0 spiro atoms. The molecule has 0 saturated carbocycles. The summed E-state index contributed by atoms with van der Waals surface area (Å²) in [4.78, 5) is 3.64. The molecule has 0 bridgehead atoms. The maximum absolute atomic E-state index is 12.7. The van der Waals surface area contributed by atoms with E-state index in [0.717, 1.165) is 18.5 Å². The molecular weight excluding hydrogens is 247 g/mol. The molecule has 3 nitrogen and oxygen atoms in total. The van der Waals surface area contributed by atoms with Crippen molar-refractivity contribution >= 4 is 0 Å². The van der Waals surface area contributed by atoms with Crippen LogP contribution in [0.1, 0.15) is 37.0 Å². The van der Waals surface area contributed by atoms with Crippen LogP contribution in [0, 0.1) is 0 Å². The molecule has 0 fully saturated rings. The van der Waals surface area contributed by atoms with Gasteiger partial charge in [-0.25, -0.2) is 0 Å². The van der Waals surface area contributed by atoms with E-state index < -0.39 is 17.8 Å². The minimum absolute atomic E-state index is 0.106. The van der Waals surface area contributed by atoms with Crippen LogP contribution in [0.4, 0.5) is 13.2 Å². The molecular formula is C12H16F3NO2. The van der Waals surface area contributed by atoms with E-state index in [9.17, 15) is 18.3 Å². The largest absolute Gasteiger partial charge is 0.416 e. The van der Waals surface area contributed by atoms with Gasteiger partial charge in [0.05, 0.1) is 17.8 Å². The fourth-order valence-electron chi connectivity index (χ4n) is 1.60. The lowest BCUT2D eigenvalue weighted by atomic mass is 10.00. The Morgan fingerprint density at radius 2 is 2.06 bits per heavy atom. The Bertz CT molecular complexity index is 382. The van der Waals surface area contributed by atoms with Crippen LogP contribution in [-0.4, -0.2) is 23.3 Å². The van der Waals surface area contributed by atoms with Crippen LogP contribution in [-0.2, 0) is 10.9 Å². The van der Waals surface area contributed by atoms with Gasteiger partial charge < -0.3 is 9.84 Å². The van der Waals surface area contributed by atoms with Crippen LogP contribution in [0.5, 0.6) is 0 Å². The van der Waals surface area contributed by atoms with Gasteiger partial charge >= 0.3 is 6.18 Å². The van der Waals surface area contributed by atoms with E-state index in [1.807, 2.05) is 0 Å². The van der Waals surface area contributed by atoms with Gasteiger partial charge in [0, 0.05) is 25.1 Å². The Morgan fingerprint density at radius 1 is 1.39 bits per heavy atom. The van der Waals surface area contributed by atoms with E-state index in [1.165, 1.54) is 7.11 Å². The van der Waals surface area contributed by atoms with E-state index in [2.05, 4.69) is 4.98 Å². The Hall–Kier alpha value is -1.14. The second kappa shape index (κ2) is 6.15. The van der Waals surface area contributed by atoms with Gasteiger partial charge in [0.25, 0.3) is 0 Å². The van der Waals surface area contributed by atoms with Crippen LogP contribution < -0.4 is 0 Å². The molecule has 0 radical (unpaired) electrons. The number of rotatable bonds is 5. The molecule has 1 N–H and O–H groups in total. The third-order valence-electron chi connectivity index (χ3n) is 2.77. The zero-order chi connectivity index (χ0) is 13.8. The van der Waals surface area contributed by atoms with Gasteiger partial charge in [-0.2, -0.15) is 13.2 Å². The van der Waals surface area contributed by atoms with E-state index in [1.54, 1.807) is 6.92 Å². The minimum Gasteiger partial charge on any atom is -0.388 e. The fraction of sp³-hybridized carbons (Fsp3) is 0.583. The van der Waals surface area contributed by atoms with Crippen molar-refractivity contribution in [3.05, 3.63) is 29.6 Å². The van der Waals surface area contributed by atoms with Gasteiger partial charge in [-0.1, -0.05) is 0 Å². The molecule has 6 heteroatoms. The van der Waals surface area contributed by atoms with Crippen LogP contribution >= 0.6 is 0 Å². The first-order chi connectivity index (χ1) is 8.36. The van der Waals surface area contributed by atoms with Crippen molar-refractivity contribution in [1.82, 2.24) is 4.98 Å². The predicted octanol–water partition coefficient (Wildman–Crippen LogP) is 2.95. The molecule has 0 aliphatic heterocycles. The third-order valence-corrected chi connectivity index (χ3v) is 2.77. The number of alkyl halides is 3. The summed E-state index contributed by atoms with van der Waals surface area (Å²) in [5, 5.41) is 9.81. The van der Waals surface area contributed by atoms with Crippen molar-refractivity contribution < 1.29 is 23.0 Å². The Kier molecular flexibility index (Phi) is 5.10. The van der Waals surface area contributed by atoms with Gasteiger partial charge in [-0.3, -0.25) is 4.98 Å². The Labute approximate surface area is 104 Å². The van der Waals surface area contributed by atoms with Gasteiger partial charge in [-0.05, 0) is 25.8 Å². The third kappa shape index (κ3) is 3.96. The molecule has 18 heavy (non-hydrogen) atoms. The highest BCUT2D eigenvalue weighted by Crippen LogP contribution is 2.35. The van der Waals surface area contributed by atoms with Gasteiger partial charge in [0.15, 0.2) is 0 Å². The van der Waals surface area contributed by atoms with Gasteiger partial charge in [0.2, 0.25) is 0 Å². The van der Waals surface area contributed by atoms with Gasteiger partial charge in [-0.15, -0.1) is 0 Å². The number of ether oxygens (including phenoxy) is 1. The second-order valence-electron chi connectivity index (χ2n) is 4.10. The molecule has 0 saturated heterocycles. The Balaban J connectivity index is 2.82. The summed E-state index contributed by atoms with van der Waals surface area (Å²) in [5.41, 5.74) is -1.02. The number of hydrogen-bond acceptors (Lipinski definition) is 3. The number of halogens is 3. The standard InChI is InChI=1S/C12H16F3NO2/c1-8(18-2)3-4-11(17)9-7-16-6-5-10(9)12(13,14)15/h5-8,11,17H,3-4H2,1-2H3. The van der Waals surface area contributed by atoms with Crippen molar-refractivity contribution in [2.45, 2.75) is 38.1 Å². The van der Waals surface area contributed by atoms with E-state index in [4.69, 9.17) is 4.74 Å². The molecule has 1 aromatic heterocycles. The van der Waals surface area contributed by atoms with Crippen LogP contribution in [0.3, 0.4) is 0 Å². The van der Waals surface area contributed by atoms with Crippen molar-refractivity contribution in [2.75, 3.05) is 7.11 Å². The highest BCUT2D eigenvalue weighted by Gasteiger charge is 2.34. The van der Waals surface area contributed by atoms with Crippen LogP contribution in [0.2, 0.25) is 0 Å². The molecule has 0 aliphatic carbocycles. The molecule has 0 aromatic carbocycles. The zero-order valence-corrected chi connectivity index (χ0v) is 10.2. The monoisotopic (exact) mass is 263 g/mol. The smallest absolute Gasteiger partial charge is 0.388 e. The molecule has 102 valence electrons. The topological polar surface area (TPSA) is 42.4 Å². The first-order valence-corrected chi connectivity index (χ1v) is 5.58. The number of pyridine rings is 1. The van der Waals surface area contributed by atoms with Crippen molar-refractivity contribution in [2.24, 2.45) is 0 Å². The number of aliphatic hydroxyl groups is 1. The molecule has 1 rings (SSSR count). The number of aromatic nitrogens is 1. The van der Waals surface area contributed by atoms with E-state index in [0.29, 0.717) is 6.42 Å². The fourth-order valence-corrected chi connectivity index (χ4v) is 1.60. The molecule has 1 heterocycles.